The van der Waals surface area contributed by atoms with Crippen molar-refractivity contribution < 1.29 is 64.6 Å². The van der Waals surface area contributed by atoms with E-state index in [1.54, 1.807) is 102 Å². The molecule has 0 unspecified atom stereocenters. The topological polar surface area (TPSA) is 230 Å². The van der Waals surface area contributed by atoms with E-state index in [4.69, 9.17) is 9.47 Å². The molecule has 4 aliphatic heterocycles. The summed E-state index contributed by atoms with van der Waals surface area (Å²) < 4.78 is 105. The Morgan fingerprint density at radius 2 is 0.850 bits per heavy atom. The van der Waals surface area contributed by atoms with Crippen molar-refractivity contribution in [3.8, 4) is 0 Å². The molecule has 0 aliphatic carbocycles. The Hall–Kier alpha value is -8.52. The van der Waals surface area contributed by atoms with Gasteiger partial charge in [0.1, 0.15) is 47.0 Å². The summed E-state index contributed by atoms with van der Waals surface area (Å²) in [5.41, 5.74) is -2.25. The molecule has 9 rings (SSSR count). The molecule has 4 aliphatic rings. The van der Waals surface area contributed by atoms with Crippen LogP contribution >= 0.6 is 0 Å². The number of halogens is 6. The number of aromatic amines is 2. The fourth-order valence-corrected chi connectivity index (χ4v) is 14.1. The van der Waals surface area contributed by atoms with Crippen molar-refractivity contribution in [2.45, 2.75) is 194 Å². The van der Waals surface area contributed by atoms with Crippen LogP contribution in [0.5, 0.6) is 0 Å². The maximum absolute atomic E-state index is 16.5. The van der Waals surface area contributed by atoms with Gasteiger partial charge in [-0.25, -0.2) is 35.9 Å². The number of amides is 6. The Labute approximate surface area is 579 Å². The van der Waals surface area contributed by atoms with Crippen LogP contribution < -0.4 is 31.6 Å². The number of ether oxygens (including phenoxy) is 2. The third kappa shape index (κ3) is 16.9. The molecule has 26 heteroatoms. The summed E-state index contributed by atoms with van der Waals surface area (Å²) in [4.78, 5) is 128. The molecule has 20 nitrogen and oxygen atoms in total. The van der Waals surface area contributed by atoms with Crippen molar-refractivity contribution in [3.05, 3.63) is 161 Å². The van der Waals surface area contributed by atoms with Crippen LogP contribution in [0, 0.1) is 46.7 Å². The van der Waals surface area contributed by atoms with Gasteiger partial charge in [0.15, 0.2) is 23.3 Å². The molecule has 6 heterocycles. The Morgan fingerprint density at radius 1 is 0.540 bits per heavy atom. The molecule has 2 saturated heterocycles. The van der Waals surface area contributed by atoms with E-state index in [-0.39, 0.29) is 90.6 Å². The van der Waals surface area contributed by atoms with Crippen molar-refractivity contribution in [1.82, 2.24) is 40.2 Å². The van der Waals surface area contributed by atoms with E-state index in [9.17, 15) is 37.5 Å². The van der Waals surface area contributed by atoms with Crippen molar-refractivity contribution in [2.75, 3.05) is 63.2 Å². The van der Waals surface area contributed by atoms with Gasteiger partial charge in [0.25, 0.3) is 11.1 Å². The Bertz CT molecular complexity index is 3740. The molecule has 4 N–H and O–H groups in total. The molecule has 4 atom stereocenters. The highest BCUT2D eigenvalue weighted by atomic mass is 19.2. The van der Waals surface area contributed by atoms with Crippen LogP contribution in [-0.4, -0.2) is 154 Å². The van der Waals surface area contributed by atoms with Gasteiger partial charge in [0, 0.05) is 97.6 Å². The summed E-state index contributed by atoms with van der Waals surface area (Å²) in [6, 6.07) is 9.85. The average Bonchev–Trinajstić information content (AvgIpc) is 1.54. The van der Waals surface area contributed by atoms with E-state index >= 15 is 27.2 Å². The van der Waals surface area contributed by atoms with Gasteiger partial charge < -0.3 is 39.9 Å². The maximum Gasteiger partial charge on any atom is 0.410 e. The molecule has 3 aromatic carbocycles. The number of anilines is 2. The van der Waals surface area contributed by atoms with Crippen LogP contribution in [0.3, 0.4) is 0 Å². The van der Waals surface area contributed by atoms with Crippen LogP contribution in [0.2, 0.25) is 0 Å². The zero-order valence-corrected chi connectivity index (χ0v) is 59.6. The molecule has 6 amide bonds. The summed E-state index contributed by atoms with van der Waals surface area (Å²) in [5, 5.41) is 5.90. The lowest BCUT2D eigenvalue weighted by molar-refractivity contribution is -0.132. The first-order chi connectivity index (χ1) is 46.8. The highest BCUT2D eigenvalue weighted by Crippen LogP contribution is 2.43. The quantitative estimate of drug-likeness (QED) is 0.0421. The number of carbonyl (C=O) groups is 6. The van der Waals surface area contributed by atoms with E-state index in [0.717, 1.165) is 9.80 Å². The normalized spacial score (nSPS) is 17.8. The van der Waals surface area contributed by atoms with Gasteiger partial charge >= 0.3 is 12.2 Å². The third-order valence-corrected chi connectivity index (χ3v) is 19.6. The molecule has 2 aromatic heterocycles. The van der Waals surface area contributed by atoms with Crippen molar-refractivity contribution >= 4 is 47.2 Å². The van der Waals surface area contributed by atoms with Crippen molar-refractivity contribution in [2.24, 2.45) is 11.8 Å². The predicted molar refractivity (Wildman–Crippen MR) is 366 cm³/mol. The number of piperidine rings is 2. The lowest BCUT2D eigenvalue weighted by atomic mass is 9.87. The predicted octanol–water partition coefficient (Wildman–Crippen LogP) is 10.4. The number of nitrogens with zero attached hydrogens (tertiary/aromatic N) is 6. The average molecular weight is 1400 g/mol. The monoisotopic (exact) mass is 1400 g/mol. The number of carbonyl (C=O) groups excluding carboxylic acids is 6. The number of likely N-dealkylation sites (tertiary alicyclic amines) is 2. The fraction of sp³-hybridized carbons (Fsp3) is 0.541. The minimum atomic E-state index is -1.59. The molecule has 0 bridgehead atoms. The summed E-state index contributed by atoms with van der Waals surface area (Å²) in [6.45, 7) is 20.2. The summed E-state index contributed by atoms with van der Waals surface area (Å²) in [7, 11) is 2.83. The molecule has 2 fully saturated rings. The second-order valence-corrected chi connectivity index (χ2v) is 30.4. The van der Waals surface area contributed by atoms with Gasteiger partial charge in [0.05, 0.1) is 11.4 Å². The van der Waals surface area contributed by atoms with E-state index in [0.29, 0.717) is 45.0 Å². The summed E-state index contributed by atoms with van der Waals surface area (Å²) in [5.74, 6) is -10.9. The van der Waals surface area contributed by atoms with Crippen molar-refractivity contribution in [3.63, 3.8) is 0 Å². The van der Waals surface area contributed by atoms with Gasteiger partial charge in [-0.2, -0.15) is 0 Å². The highest BCUT2D eigenvalue weighted by molar-refractivity contribution is 6.03. The van der Waals surface area contributed by atoms with Gasteiger partial charge in [0.2, 0.25) is 23.6 Å². The molecule has 0 saturated carbocycles. The number of rotatable bonds is 20. The Balaban J connectivity index is 0.923. The number of pyridine rings is 2. The molecular formula is C74H94F6N10O10. The van der Waals surface area contributed by atoms with Crippen LogP contribution in [0.15, 0.2) is 70.3 Å². The zero-order valence-electron chi connectivity index (χ0n) is 59.6. The van der Waals surface area contributed by atoms with Gasteiger partial charge in [-0.3, -0.25) is 48.4 Å². The molecule has 0 spiro atoms. The smallest absolute Gasteiger partial charge is 0.410 e. The first-order valence-corrected chi connectivity index (χ1v) is 34.3. The second-order valence-electron chi connectivity index (χ2n) is 30.4. The first kappa shape index (κ1) is 75.7. The first-order valence-electron chi connectivity index (χ1n) is 34.3. The number of hydrogen-bond donors (Lipinski definition) is 4. The number of fused-ring (bicyclic) bond motifs is 2. The van der Waals surface area contributed by atoms with E-state index in [2.05, 4.69) is 20.6 Å². The van der Waals surface area contributed by atoms with Gasteiger partial charge in [-0.1, -0.05) is 65.8 Å². The van der Waals surface area contributed by atoms with Crippen LogP contribution in [0.1, 0.15) is 166 Å². The van der Waals surface area contributed by atoms with Gasteiger partial charge in [-0.15, -0.1) is 0 Å². The summed E-state index contributed by atoms with van der Waals surface area (Å²) >= 11 is 0. The minimum Gasteiger partial charge on any atom is -0.444 e. The lowest BCUT2D eigenvalue weighted by Gasteiger charge is -2.38. The third-order valence-electron chi connectivity index (χ3n) is 19.6. The van der Waals surface area contributed by atoms with E-state index in [1.807, 2.05) is 27.7 Å². The second kappa shape index (κ2) is 30.0. The maximum atomic E-state index is 16.5. The molecular weight excluding hydrogens is 1300 g/mol. The van der Waals surface area contributed by atoms with Crippen LogP contribution in [-0.2, 0) is 65.4 Å². The lowest BCUT2D eigenvalue weighted by Crippen LogP contribution is -2.58. The standard InChI is InChI=1S/C74H94F6N10O10/c1-15-51(85(13)69(97)99-71(3,4)5)65(93)81-59(67(95)89-39-73(9,10)61-53(89)35-45(63(91)83-61)33-41-17-21-47(75)22-18-41)43-25-29-87(30-26-43)37-49-55(77)57(79)50(58(80)56(49)78)38-88-31-27-44(28-32-88)60(82-66(94)52(16-2)86(14)70(98)100-72(6,7)8)68(96)90-40-74(11,12)62-54(90)36-46(64(92)84-62)34-42-19-23-48(76)24-20-42/h17-24,35-36,43-44,51-52,59-60H,15-16,25-34,37-40H2,1-14H3,(H,81,93)(H,82,94)(H,83,91)(H,84,92)/t51-,52-,59-,60-/m0/s1. The Kier molecular flexibility index (Phi) is 22.7. The highest BCUT2D eigenvalue weighted by Gasteiger charge is 2.48. The van der Waals surface area contributed by atoms with Crippen LogP contribution in [0.4, 0.5) is 47.3 Å². The number of likely N-dealkylation sites (N-methyl/N-ethyl adjacent to an activating group) is 2. The van der Waals surface area contributed by atoms with Gasteiger partial charge in [-0.05, 0) is 166 Å². The number of hydrogen-bond acceptors (Lipinski definition) is 12. The largest absolute Gasteiger partial charge is 0.444 e. The minimum absolute atomic E-state index is 0.0545. The number of aromatic nitrogens is 2. The SMILES string of the molecule is CC[C@@H](C(=O)N[C@H](C(=O)N1CC(C)(C)c2[nH]c(=O)c(Cc3ccc(F)cc3)cc21)C1CCN(Cc2c(F)c(F)c(CN3CCC([C@H](NC(=O)[C@H](CC)N(C)C(=O)OC(C)(C)C)C(=O)N4CC(C)(C)c5[nH]c(=O)c(Cc6ccc(F)cc6)cc54)CC3)c(F)c2F)CC1)N(C)C(=O)OC(C)(C)C. The molecule has 100 heavy (non-hydrogen) atoms. The summed E-state index contributed by atoms with van der Waals surface area (Å²) in [6.07, 6.45) is -0.497. The van der Waals surface area contributed by atoms with E-state index in [1.165, 1.54) is 48.2 Å². The van der Waals surface area contributed by atoms with E-state index < -0.39 is 164 Å². The molecule has 542 valence electrons. The molecule has 0 radical (unpaired) electrons. The number of nitrogens with one attached hydrogen (secondary N) is 4. The number of benzene rings is 3. The fourth-order valence-electron chi connectivity index (χ4n) is 14.1. The van der Waals surface area contributed by atoms with Crippen molar-refractivity contribution in [1.29, 1.82) is 0 Å². The zero-order chi connectivity index (χ0) is 73.4. The Morgan fingerprint density at radius 3 is 1.14 bits per heavy atom. The van der Waals surface area contributed by atoms with Crippen LogP contribution in [0.25, 0.3) is 0 Å². The number of H-pyrrole nitrogens is 2. The molecule has 5 aromatic rings.